The van der Waals surface area contributed by atoms with Gasteiger partial charge in [-0.1, -0.05) is 13.8 Å². The van der Waals surface area contributed by atoms with Crippen LogP contribution in [0.5, 0.6) is 0 Å². The number of rotatable bonds is 5. The number of amides is 1. The van der Waals surface area contributed by atoms with Gasteiger partial charge in [0.1, 0.15) is 6.33 Å². The van der Waals surface area contributed by atoms with Crippen molar-refractivity contribution in [2.45, 2.75) is 31.8 Å². The van der Waals surface area contributed by atoms with Gasteiger partial charge < -0.3 is 4.90 Å². The second kappa shape index (κ2) is 5.94. The molecule has 0 radical (unpaired) electrons. The molecule has 0 aliphatic heterocycles. The molecule has 1 aromatic heterocycles. The summed E-state index contributed by atoms with van der Waals surface area (Å²) in [6, 6.07) is -0.346. The molecule has 0 aliphatic carbocycles. The topological polar surface area (TPSA) is 85.2 Å². The van der Waals surface area contributed by atoms with Crippen LogP contribution in [0.1, 0.15) is 26.7 Å². The van der Waals surface area contributed by atoms with Crippen LogP contribution in [-0.2, 0) is 9.84 Å². The summed E-state index contributed by atoms with van der Waals surface area (Å²) < 4.78 is 23.4. The van der Waals surface area contributed by atoms with Crippen molar-refractivity contribution in [3.05, 3.63) is 6.33 Å². The molecule has 0 fully saturated rings. The summed E-state index contributed by atoms with van der Waals surface area (Å²) in [4.78, 5) is 17.3. The van der Waals surface area contributed by atoms with E-state index in [2.05, 4.69) is 10.1 Å². The summed E-state index contributed by atoms with van der Waals surface area (Å²) in [5, 5.41) is 3.36. The van der Waals surface area contributed by atoms with E-state index in [-0.39, 0.29) is 11.2 Å². The lowest BCUT2D eigenvalue weighted by atomic mass is 10.4. The maximum Gasteiger partial charge on any atom is 0.346 e. The molecular weight excluding hydrogens is 256 g/mol. The predicted molar refractivity (Wildman–Crippen MR) is 66.1 cm³/mol. The fourth-order valence-corrected chi connectivity index (χ4v) is 1.97. The Morgan fingerprint density at radius 3 is 2.28 bits per heavy atom. The second-order valence-electron chi connectivity index (χ2n) is 4.01. The Labute approximate surface area is 107 Å². The van der Waals surface area contributed by atoms with E-state index < -0.39 is 9.84 Å². The number of nitrogens with zero attached hydrogens (tertiary/aromatic N) is 4. The van der Waals surface area contributed by atoms with E-state index in [0.717, 1.165) is 30.1 Å². The first-order valence-electron chi connectivity index (χ1n) is 5.81. The average molecular weight is 274 g/mol. The summed E-state index contributed by atoms with van der Waals surface area (Å²) in [6.45, 7) is 5.17. The smallest absolute Gasteiger partial charge is 0.323 e. The van der Waals surface area contributed by atoms with Gasteiger partial charge >= 0.3 is 6.03 Å². The molecular formula is C10H18N4O3S. The first kappa shape index (κ1) is 14.6. The molecule has 0 aliphatic rings. The molecule has 0 atom stereocenters. The lowest BCUT2D eigenvalue weighted by Gasteiger charge is -2.20. The Balaban J connectivity index is 2.92. The van der Waals surface area contributed by atoms with Crippen LogP contribution in [0.4, 0.5) is 4.79 Å². The molecule has 18 heavy (non-hydrogen) atoms. The van der Waals surface area contributed by atoms with Crippen molar-refractivity contribution in [1.82, 2.24) is 19.7 Å². The molecule has 0 saturated carbocycles. The lowest BCUT2D eigenvalue weighted by molar-refractivity contribution is 0.196. The van der Waals surface area contributed by atoms with Gasteiger partial charge in [0.2, 0.25) is 9.84 Å². The van der Waals surface area contributed by atoms with Crippen molar-refractivity contribution in [2.75, 3.05) is 19.3 Å². The van der Waals surface area contributed by atoms with Crippen molar-refractivity contribution in [3.63, 3.8) is 0 Å². The zero-order valence-corrected chi connectivity index (χ0v) is 11.6. The van der Waals surface area contributed by atoms with E-state index >= 15 is 0 Å². The number of carbonyl (C=O) groups is 1. The number of sulfone groups is 1. The van der Waals surface area contributed by atoms with E-state index in [1.165, 1.54) is 0 Å². The van der Waals surface area contributed by atoms with Crippen molar-refractivity contribution >= 4 is 15.9 Å². The molecule has 102 valence electrons. The quantitative estimate of drug-likeness (QED) is 0.791. The molecule has 0 saturated heterocycles. The zero-order valence-electron chi connectivity index (χ0n) is 10.8. The molecule has 0 N–H and O–H groups in total. The van der Waals surface area contributed by atoms with Crippen LogP contribution < -0.4 is 0 Å². The van der Waals surface area contributed by atoms with Gasteiger partial charge in [0.15, 0.2) is 0 Å². The highest BCUT2D eigenvalue weighted by molar-refractivity contribution is 7.90. The van der Waals surface area contributed by atoms with Gasteiger partial charge in [0.05, 0.1) is 0 Å². The fourth-order valence-electron chi connectivity index (χ4n) is 1.50. The van der Waals surface area contributed by atoms with Gasteiger partial charge in [-0.05, 0) is 12.8 Å². The van der Waals surface area contributed by atoms with E-state index in [9.17, 15) is 13.2 Å². The highest BCUT2D eigenvalue weighted by atomic mass is 32.2. The minimum atomic E-state index is -3.48. The van der Waals surface area contributed by atoms with Crippen molar-refractivity contribution in [2.24, 2.45) is 0 Å². The van der Waals surface area contributed by atoms with E-state index in [4.69, 9.17) is 0 Å². The van der Waals surface area contributed by atoms with E-state index in [1.807, 2.05) is 13.8 Å². The Morgan fingerprint density at radius 1 is 1.33 bits per heavy atom. The highest BCUT2D eigenvalue weighted by Crippen LogP contribution is 2.03. The van der Waals surface area contributed by atoms with Crippen LogP contribution in [0.15, 0.2) is 11.5 Å². The molecule has 0 spiro atoms. The van der Waals surface area contributed by atoms with Crippen LogP contribution in [0, 0.1) is 0 Å². The average Bonchev–Trinajstić information content (AvgIpc) is 2.76. The molecule has 0 unspecified atom stereocenters. The number of hydrogen-bond donors (Lipinski definition) is 0. The van der Waals surface area contributed by atoms with Crippen LogP contribution >= 0.6 is 0 Å². The van der Waals surface area contributed by atoms with Gasteiger partial charge in [-0.2, -0.15) is 4.68 Å². The van der Waals surface area contributed by atoms with Gasteiger partial charge in [-0.3, -0.25) is 0 Å². The van der Waals surface area contributed by atoms with Crippen LogP contribution in [-0.4, -0.2) is 53.5 Å². The molecule has 7 nitrogen and oxygen atoms in total. The maximum atomic E-state index is 12.1. The summed E-state index contributed by atoms with van der Waals surface area (Å²) in [5.74, 6) is 0. The number of aromatic nitrogens is 3. The standard InChI is InChI=1S/C10H18N4O3S/c1-4-6-13(7-5-2)10(15)14-8-11-9(12-14)18(3,16)17/h8H,4-7H2,1-3H3. The fraction of sp³-hybridized carbons (Fsp3) is 0.700. The van der Waals surface area contributed by atoms with Gasteiger partial charge in [0.25, 0.3) is 5.16 Å². The highest BCUT2D eigenvalue weighted by Gasteiger charge is 2.19. The normalized spacial score (nSPS) is 11.5. The first-order chi connectivity index (χ1) is 8.40. The summed E-state index contributed by atoms with van der Waals surface area (Å²) in [5.41, 5.74) is 0. The van der Waals surface area contributed by atoms with E-state index in [0.29, 0.717) is 13.1 Å². The number of carbonyl (C=O) groups excluding carboxylic acids is 1. The third-order valence-electron chi connectivity index (χ3n) is 2.26. The predicted octanol–water partition coefficient (Wildman–Crippen LogP) is 0.772. The van der Waals surface area contributed by atoms with Crippen molar-refractivity contribution in [3.8, 4) is 0 Å². The lowest BCUT2D eigenvalue weighted by Crippen LogP contribution is -2.36. The van der Waals surface area contributed by atoms with Gasteiger partial charge in [-0.15, -0.1) is 5.10 Å². The monoisotopic (exact) mass is 274 g/mol. The zero-order chi connectivity index (χ0) is 13.8. The molecule has 1 heterocycles. The number of hydrogen-bond acceptors (Lipinski definition) is 5. The summed E-state index contributed by atoms with van der Waals surface area (Å²) in [6.07, 6.45) is 3.81. The first-order valence-corrected chi connectivity index (χ1v) is 7.70. The molecule has 0 bridgehead atoms. The molecule has 1 amide bonds. The Bertz CT molecular complexity index is 503. The summed E-state index contributed by atoms with van der Waals surface area (Å²) >= 11 is 0. The Hall–Kier alpha value is -1.44. The Morgan fingerprint density at radius 2 is 1.89 bits per heavy atom. The van der Waals surface area contributed by atoms with Crippen LogP contribution in [0.3, 0.4) is 0 Å². The minimum Gasteiger partial charge on any atom is -0.323 e. The third-order valence-corrected chi connectivity index (χ3v) is 3.11. The molecule has 8 heteroatoms. The SMILES string of the molecule is CCCN(CCC)C(=O)n1cnc(S(C)(=O)=O)n1. The molecule has 0 aromatic carbocycles. The third kappa shape index (κ3) is 3.52. The Kier molecular flexibility index (Phi) is 4.83. The summed E-state index contributed by atoms with van der Waals surface area (Å²) in [7, 11) is -3.48. The van der Waals surface area contributed by atoms with Crippen LogP contribution in [0.25, 0.3) is 0 Å². The molecule has 1 rings (SSSR count). The van der Waals surface area contributed by atoms with Crippen LogP contribution in [0.2, 0.25) is 0 Å². The van der Waals surface area contributed by atoms with Gasteiger partial charge in [-0.25, -0.2) is 18.2 Å². The van der Waals surface area contributed by atoms with E-state index in [1.54, 1.807) is 4.90 Å². The largest absolute Gasteiger partial charge is 0.346 e. The van der Waals surface area contributed by atoms with Crippen molar-refractivity contribution < 1.29 is 13.2 Å². The maximum absolute atomic E-state index is 12.1. The van der Waals surface area contributed by atoms with Crippen molar-refractivity contribution in [1.29, 1.82) is 0 Å². The van der Waals surface area contributed by atoms with Gasteiger partial charge in [0, 0.05) is 19.3 Å². The molecule has 1 aromatic rings. The minimum absolute atomic E-state index is 0.330. The second-order valence-corrected chi connectivity index (χ2v) is 5.92.